The Morgan fingerprint density at radius 2 is 0.917 bits per heavy atom. The van der Waals surface area contributed by atoms with Crippen LogP contribution in [0.5, 0.6) is 0 Å². The molecule has 7 nitrogen and oxygen atoms in total. The highest BCUT2D eigenvalue weighted by Gasteiger charge is 2.52. The molecule has 0 unspecified atom stereocenters. The standard InChI is InChI=1S/C15H35NO6P2/c1-7-11-19-23(17,20-12-8-2)15(16(5)6)24(18,21-13-9-3)22-14-10-4/h15H,7-14H2,1-6H3. The highest BCUT2D eigenvalue weighted by atomic mass is 31.2. The molecule has 0 saturated carbocycles. The van der Waals surface area contributed by atoms with Gasteiger partial charge in [-0.2, -0.15) is 0 Å². The summed E-state index contributed by atoms with van der Waals surface area (Å²) in [7, 11) is -4.06. The van der Waals surface area contributed by atoms with Crippen molar-refractivity contribution in [2.45, 2.75) is 58.9 Å². The highest BCUT2D eigenvalue weighted by Crippen LogP contribution is 2.71. The maximum absolute atomic E-state index is 13.4. The Morgan fingerprint density at radius 1 is 0.667 bits per heavy atom. The molecule has 0 N–H and O–H groups in total. The molecule has 0 spiro atoms. The molecule has 0 fully saturated rings. The maximum Gasteiger partial charge on any atom is 0.360 e. The molecule has 0 aromatic carbocycles. The molecule has 0 heterocycles. The SMILES string of the molecule is CCCOP(=O)(OCCC)C(N(C)C)P(=O)(OCCC)OCCC. The molecule has 0 saturated heterocycles. The monoisotopic (exact) mass is 387 g/mol. The van der Waals surface area contributed by atoms with E-state index in [1.165, 1.54) is 0 Å². The zero-order chi connectivity index (χ0) is 18.6. The lowest BCUT2D eigenvalue weighted by Gasteiger charge is -2.35. The van der Waals surface area contributed by atoms with Crippen LogP contribution in [0.2, 0.25) is 0 Å². The summed E-state index contributed by atoms with van der Waals surface area (Å²) in [6.07, 6.45) is 2.70. The van der Waals surface area contributed by atoms with Gasteiger partial charge in [0.05, 0.1) is 26.4 Å². The van der Waals surface area contributed by atoms with Gasteiger partial charge in [-0.25, -0.2) is 0 Å². The molecule has 0 aliphatic carbocycles. The van der Waals surface area contributed by atoms with Gasteiger partial charge in [0.15, 0.2) is 0 Å². The minimum atomic E-state index is -3.71. The molecule has 0 aliphatic heterocycles. The zero-order valence-corrected chi connectivity index (χ0v) is 17.8. The number of nitrogens with zero attached hydrogens (tertiary/aromatic N) is 1. The molecule has 146 valence electrons. The van der Waals surface area contributed by atoms with Crippen molar-refractivity contribution >= 4 is 15.2 Å². The van der Waals surface area contributed by atoms with E-state index < -0.39 is 20.7 Å². The van der Waals surface area contributed by atoms with Crippen molar-refractivity contribution in [1.82, 2.24) is 4.90 Å². The summed E-state index contributed by atoms with van der Waals surface area (Å²) >= 11 is 0. The average molecular weight is 387 g/mol. The predicted octanol–water partition coefficient (Wildman–Crippen LogP) is 4.92. The van der Waals surface area contributed by atoms with Crippen LogP contribution < -0.4 is 0 Å². The third-order valence-corrected chi connectivity index (χ3v) is 8.85. The van der Waals surface area contributed by atoms with E-state index in [0.717, 1.165) is 0 Å². The Hall–Kier alpha value is 0.260. The van der Waals surface area contributed by atoms with E-state index >= 15 is 0 Å². The molecule has 0 aliphatic rings. The van der Waals surface area contributed by atoms with Crippen LogP contribution in [0.25, 0.3) is 0 Å². The van der Waals surface area contributed by atoms with Gasteiger partial charge < -0.3 is 18.1 Å². The third kappa shape index (κ3) is 7.65. The van der Waals surface area contributed by atoms with Gasteiger partial charge in [0.1, 0.15) is 0 Å². The van der Waals surface area contributed by atoms with Gasteiger partial charge in [0.25, 0.3) is 0 Å². The maximum atomic E-state index is 13.4. The molecule has 0 aromatic heterocycles. The third-order valence-electron chi connectivity index (χ3n) is 2.93. The lowest BCUT2D eigenvalue weighted by atomic mass is 10.5. The zero-order valence-electron chi connectivity index (χ0n) is 16.0. The van der Waals surface area contributed by atoms with Gasteiger partial charge in [0.2, 0.25) is 5.52 Å². The molecule has 0 radical (unpaired) electrons. The van der Waals surface area contributed by atoms with Gasteiger partial charge in [-0.3, -0.25) is 14.0 Å². The molecule has 9 heteroatoms. The van der Waals surface area contributed by atoms with E-state index in [1.54, 1.807) is 19.0 Å². The Morgan fingerprint density at radius 3 is 1.08 bits per heavy atom. The number of hydrogen-bond acceptors (Lipinski definition) is 7. The lowest BCUT2D eigenvalue weighted by Crippen LogP contribution is -2.31. The van der Waals surface area contributed by atoms with Gasteiger partial charge >= 0.3 is 15.2 Å². The molecule has 0 atom stereocenters. The molecular formula is C15H35NO6P2. The minimum Gasteiger partial charge on any atom is -0.307 e. The Kier molecular flexibility index (Phi) is 12.7. The van der Waals surface area contributed by atoms with Gasteiger partial charge in [-0.1, -0.05) is 27.7 Å². The molecule has 0 amide bonds. The quantitative estimate of drug-likeness (QED) is 0.369. The molecule has 0 aromatic rings. The summed E-state index contributed by atoms with van der Waals surface area (Å²) < 4.78 is 49.1. The van der Waals surface area contributed by atoms with Crippen molar-refractivity contribution in [3.8, 4) is 0 Å². The van der Waals surface area contributed by atoms with Crippen molar-refractivity contribution in [2.75, 3.05) is 40.5 Å². The normalized spacial score (nSPS) is 13.2. The van der Waals surface area contributed by atoms with Gasteiger partial charge in [-0.15, -0.1) is 0 Å². The Balaban J connectivity index is 5.74. The van der Waals surface area contributed by atoms with E-state index in [0.29, 0.717) is 25.7 Å². The van der Waals surface area contributed by atoms with E-state index in [-0.39, 0.29) is 26.4 Å². The summed E-state index contributed by atoms with van der Waals surface area (Å²) in [4.78, 5) is 1.57. The fraction of sp³-hybridized carbons (Fsp3) is 1.00. The minimum absolute atomic E-state index is 0.257. The highest BCUT2D eigenvalue weighted by molar-refractivity contribution is 7.72. The first-order valence-electron chi connectivity index (χ1n) is 8.75. The van der Waals surface area contributed by atoms with Crippen LogP contribution in [0.4, 0.5) is 0 Å². The fourth-order valence-electron chi connectivity index (χ4n) is 1.95. The summed E-state index contributed by atoms with van der Waals surface area (Å²) in [5, 5.41) is 0. The second-order valence-electron chi connectivity index (χ2n) is 5.72. The first-order valence-corrected chi connectivity index (χ1v) is 12.0. The largest absolute Gasteiger partial charge is 0.360 e. The summed E-state index contributed by atoms with van der Waals surface area (Å²) in [5.74, 6) is 0. The van der Waals surface area contributed by atoms with Crippen molar-refractivity contribution in [3.63, 3.8) is 0 Å². The van der Waals surface area contributed by atoms with Crippen molar-refractivity contribution in [2.24, 2.45) is 0 Å². The predicted molar refractivity (Wildman–Crippen MR) is 97.7 cm³/mol. The molecule has 24 heavy (non-hydrogen) atoms. The van der Waals surface area contributed by atoms with E-state index in [1.807, 2.05) is 27.7 Å². The van der Waals surface area contributed by atoms with E-state index in [4.69, 9.17) is 18.1 Å². The second kappa shape index (κ2) is 12.6. The van der Waals surface area contributed by atoms with Crippen molar-refractivity contribution in [3.05, 3.63) is 0 Å². The summed E-state index contributed by atoms with van der Waals surface area (Å²) in [6.45, 7) is 8.68. The Bertz CT molecular complexity index is 361. The topological polar surface area (TPSA) is 74.3 Å². The molecular weight excluding hydrogens is 352 g/mol. The van der Waals surface area contributed by atoms with Crippen molar-refractivity contribution < 1.29 is 27.2 Å². The summed E-state index contributed by atoms with van der Waals surface area (Å²) in [6, 6.07) is 0. The van der Waals surface area contributed by atoms with Crippen LogP contribution in [-0.4, -0.2) is 50.9 Å². The van der Waals surface area contributed by atoms with Crippen LogP contribution >= 0.6 is 15.2 Å². The van der Waals surface area contributed by atoms with Crippen LogP contribution in [0, 0.1) is 0 Å². The van der Waals surface area contributed by atoms with E-state index in [9.17, 15) is 9.13 Å². The number of rotatable bonds is 15. The van der Waals surface area contributed by atoms with Crippen molar-refractivity contribution in [1.29, 1.82) is 0 Å². The smallest absolute Gasteiger partial charge is 0.307 e. The average Bonchev–Trinajstić information content (AvgIpc) is 2.54. The summed E-state index contributed by atoms with van der Waals surface area (Å²) in [5.41, 5.74) is -1.08. The van der Waals surface area contributed by atoms with Crippen LogP contribution in [0.1, 0.15) is 53.4 Å². The first kappa shape index (κ1) is 24.3. The first-order chi connectivity index (χ1) is 11.3. The van der Waals surface area contributed by atoms with Gasteiger partial charge in [0, 0.05) is 0 Å². The van der Waals surface area contributed by atoms with Crippen LogP contribution in [0.3, 0.4) is 0 Å². The fourth-order valence-corrected chi connectivity index (χ4v) is 7.70. The molecule has 0 rings (SSSR count). The number of hydrogen-bond donors (Lipinski definition) is 0. The van der Waals surface area contributed by atoms with E-state index in [2.05, 4.69) is 0 Å². The molecule has 0 bridgehead atoms. The Labute approximate surface area is 147 Å². The van der Waals surface area contributed by atoms with Gasteiger partial charge in [-0.05, 0) is 39.8 Å². The van der Waals surface area contributed by atoms with Crippen LogP contribution in [-0.2, 0) is 27.2 Å². The van der Waals surface area contributed by atoms with Crippen LogP contribution in [0.15, 0.2) is 0 Å². The second-order valence-corrected chi connectivity index (χ2v) is 10.3. The lowest BCUT2D eigenvalue weighted by molar-refractivity contribution is 0.158.